The highest BCUT2D eigenvalue weighted by Crippen LogP contribution is 2.27. The lowest BCUT2D eigenvalue weighted by atomic mass is 10.1. The largest absolute Gasteiger partial charge is 0.497 e. The molecule has 1 aromatic rings. The number of piperazine rings is 1. The number of rotatable bonds is 5. The smallest absolute Gasteiger partial charge is 0.403 e. The summed E-state index contributed by atoms with van der Waals surface area (Å²) < 4.78 is 48.9. The van der Waals surface area contributed by atoms with Crippen molar-refractivity contribution < 1.29 is 22.6 Å². The topological polar surface area (TPSA) is 24.9 Å². The molecule has 0 N–H and O–H groups in total. The molecule has 1 fully saturated rings. The quantitative estimate of drug-likeness (QED) is 0.828. The van der Waals surface area contributed by atoms with Crippen molar-refractivity contribution in [2.24, 2.45) is 0 Å². The molecule has 23 heavy (non-hydrogen) atoms. The van der Waals surface area contributed by atoms with Gasteiger partial charge >= 0.3 is 6.18 Å². The molecule has 0 aromatic heterocycles. The molecule has 0 spiro atoms. The molecular weight excluding hydrogens is 309 g/mol. The standard InChI is InChI=1S/C16H23F3N2O2/c1-12(16(17,18)19)21-8-6-20(7-9-21)11-13-10-14(22-2)4-5-15(13)23-3/h4-5,10,12H,6-9,11H2,1-3H3/t12-/m1/s1. The molecule has 0 bridgehead atoms. The van der Waals surface area contributed by atoms with Crippen LogP contribution in [0.3, 0.4) is 0 Å². The number of methoxy groups -OCH3 is 2. The van der Waals surface area contributed by atoms with Crippen LogP contribution < -0.4 is 9.47 Å². The van der Waals surface area contributed by atoms with Gasteiger partial charge in [0.15, 0.2) is 0 Å². The fraction of sp³-hybridized carbons (Fsp3) is 0.625. The first-order valence-corrected chi connectivity index (χ1v) is 7.59. The van der Waals surface area contributed by atoms with Crippen LogP contribution >= 0.6 is 0 Å². The Morgan fingerprint density at radius 3 is 2.26 bits per heavy atom. The van der Waals surface area contributed by atoms with Crippen LogP contribution in [0.5, 0.6) is 11.5 Å². The van der Waals surface area contributed by atoms with Crippen molar-refractivity contribution in [2.75, 3.05) is 40.4 Å². The van der Waals surface area contributed by atoms with Crippen LogP contribution in [0, 0.1) is 0 Å². The lowest BCUT2D eigenvalue weighted by Crippen LogP contribution is -2.53. The minimum absolute atomic E-state index is 0.410. The normalized spacial score (nSPS) is 18.7. The molecule has 1 aromatic carbocycles. The number of benzene rings is 1. The molecule has 0 amide bonds. The molecule has 0 radical (unpaired) electrons. The Bertz CT molecular complexity index is 515. The van der Waals surface area contributed by atoms with Crippen LogP contribution in [-0.2, 0) is 6.54 Å². The maximum absolute atomic E-state index is 12.8. The van der Waals surface area contributed by atoms with Gasteiger partial charge in [-0.05, 0) is 25.1 Å². The Hall–Kier alpha value is -1.47. The fourth-order valence-corrected chi connectivity index (χ4v) is 2.76. The van der Waals surface area contributed by atoms with E-state index in [4.69, 9.17) is 9.47 Å². The number of alkyl halides is 3. The Labute approximate surface area is 134 Å². The average molecular weight is 332 g/mol. The van der Waals surface area contributed by atoms with Gasteiger partial charge in [0.2, 0.25) is 0 Å². The van der Waals surface area contributed by atoms with Gasteiger partial charge < -0.3 is 9.47 Å². The fourth-order valence-electron chi connectivity index (χ4n) is 2.76. The first kappa shape index (κ1) is 17.9. The van der Waals surface area contributed by atoms with Crippen LogP contribution in [0.4, 0.5) is 13.2 Å². The summed E-state index contributed by atoms with van der Waals surface area (Å²) in [5.41, 5.74) is 0.976. The van der Waals surface area contributed by atoms with Gasteiger partial charge in [-0.15, -0.1) is 0 Å². The number of halogens is 3. The average Bonchev–Trinajstić information content (AvgIpc) is 2.54. The van der Waals surface area contributed by atoms with E-state index in [1.54, 1.807) is 14.2 Å². The number of hydrogen-bond acceptors (Lipinski definition) is 4. The van der Waals surface area contributed by atoms with E-state index in [-0.39, 0.29) is 0 Å². The minimum Gasteiger partial charge on any atom is -0.497 e. The highest BCUT2D eigenvalue weighted by atomic mass is 19.4. The Balaban J connectivity index is 1.97. The predicted octanol–water partition coefficient (Wildman–Crippen LogP) is 2.77. The first-order valence-electron chi connectivity index (χ1n) is 7.59. The lowest BCUT2D eigenvalue weighted by Gasteiger charge is -2.38. The van der Waals surface area contributed by atoms with Gasteiger partial charge in [-0.3, -0.25) is 9.80 Å². The molecule has 1 aliphatic heterocycles. The Kier molecular flexibility index (Phi) is 5.75. The van der Waals surface area contributed by atoms with Gasteiger partial charge in [-0.2, -0.15) is 13.2 Å². The van der Waals surface area contributed by atoms with Crippen LogP contribution in [-0.4, -0.2) is 62.4 Å². The van der Waals surface area contributed by atoms with E-state index in [0.29, 0.717) is 32.7 Å². The van der Waals surface area contributed by atoms with Gasteiger partial charge in [-0.25, -0.2) is 0 Å². The summed E-state index contributed by atoms with van der Waals surface area (Å²) in [7, 11) is 3.21. The third-order valence-corrected chi connectivity index (χ3v) is 4.31. The van der Waals surface area contributed by atoms with Gasteiger partial charge in [-0.1, -0.05) is 0 Å². The van der Waals surface area contributed by atoms with Crippen molar-refractivity contribution >= 4 is 0 Å². The van der Waals surface area contributed by atoms with Crippen molar-refractivity contribution in [3.8, 4) is 11.5 Å². The molecule has 130 valence electrons. The van der Waals surface area contributed by atoms with Crippen LogP contribution in [0.1, 0.15) is 12.5 Å². The van der Waals surface area contributed by atoms with Crippen molar-refractivity contribution in [1.29, 1.82) is 0 Å². The zero-order chi connectivity index (χ0) is 17.0. The highest BCUT2D eigenvalue weighted by Gasteiger charge is 2.40. The zero-order valence-corrected chi connectivity index (χ0v) is 13.7. The van der Waals surface area contributed by atoms with E-state index < -0.39 is 12.2 Å². The van der Waals surface area contributed by atoms with E-state index in [2.05, 4.69) is 4.90 Å². The van der Waals surface area contributed by atoms with Crippen molar-refractivity contribution in [1.82, 2.24) is 9.80 Å². The second kappa shape index (κ2) is 7.40. The summed E-state index contributed by atoms with van der Waals surface area (Å²) in [6, 6.07) is 4.18. The van der Waals surface area contributed by atoms with E-state index in [9.17, 15) is 13.2 Å². The summed E-state index contributed by atoms with van der Waals surface area (Å²) in [6.07, 6.45) is -4.17. The molecule has 1 atom stereocenters. The second-order valence-corrected chi connectivity index (χ2v) is 5.71. The Morgan fingerprint density at radius 2 is 1.74 bits per heavy atom. The molecular formula is C16H23F3N2O2. The summed E-state index contributed by atoms with van der Waals surface area (Å²) >= 11 is 0. The molecule has 2 rings (SSSR count). The molecule has 4 nitrogen and oxygen atoms in total. The predicted molar refractivity (Wildman–Crippen MR) is 81.9 cm³/mol. The van der Waals surface area contributed by atoms with E-state index >= 15 is 0 Å². The van der Waals surface area contributed by atoms with Crippen LogP contribution in [0.2, 0.25) is 0 Å². The zero-order valence-electron chi connectivity index (χ0n) is 13.7. The maximum atomic E-state index is 12.8. The summed E-state index contributed by atoms with van der Waals surface area (Å²) in [4.78, 5) is 3.62. The molecule has 1 saturated heterocycles. The summed E-state index contributed by atoms with van der Waals surface area (Å²) in [5, 5.41) is 0. The van der Waals surface area contributed by atoms with Gasteiger partial charge in [0.05, 0.1) is 14.2 Å². The molecule has 1 heterocycles. The third kappa shape index (κ3) is 4.51. The van der Waals surface area contributed by atoms with Gasteiger partial charge in [0.25, 0.3) is 0 Å². The van der Waals surface area contributed by atoms with Crippen molar-refractivity contribution in [2.45, 2.75) is 25.7 Å². The summed E-state index contributed by atoms with van der Waals surface area (Å²) in [6.45, 7) is 3.87. The van der Waals surface area contributed by atoms with Gasteiger partial charge in [0, 0.05) is 38.3 Å². The minimum atomic E-state index is -4.17. The third-order valence-electron chi connectivity index (χ3n) is 4.31. The van der Waals surface area contributed by atoms with Crippen LogP contribution in [0.15, 0.2) is 18.2 Å². The molecule has 1 aliphatic rings. The van der Waals surface area contributed by atoms with Crippen LogP contribution in [0.25, 0.3) is 0 Å². The molecule has 0 saturated carbocycles. The second-order valence-electron chi connectivity index (χ2n) is 5.71. The number of ether oxygens (including phenoxy) is 2. The number of hydrogen-bond donors (Lipinski definition) is 0. The molecule has 0 aliphatic carbocycles. The number of nitrogens with zero attached hydrogens (tertiary/aromatic N) is 2. The SMILES string of the molecule is COc1ccc(OC)c(CN2CCN([C@H](C)C(F)(F)F)CC2)c1. The molecule has 0 unspecified atom stereocenters. The van der Waals surface area contributed by atoms with E-state index in [0.717, 1.165) is 17.1 Å². The monoisotopic (exact) mass is 332 g/mol. The Morgan fingerprint density at radius 1 is 1.09 bits per heavy atom. The highest BCUT2D eigenvalue weighted by molar-refractivity contribution is 5.40. The van der Waals surface area contributed by atoms with E-state index in [1.165, 1.54) is 11.8 Å². The van der Waals surface area contributed by atoms with Crippen molar-refractivity contribution in [3.05, 3.63) is 23.8 Å². The van der Waals surface area contributed by atoms with E-state index in [1.807, 2.05) is 18.2 Å². The van der Waals surface area contributed by atoms with Crippen molar-refractivity contribution in [3.63, 3.8) is 0 Å². The first-order chi connectivity index (χ1) is 10.8. The molecule has 7 heteroatoms. The van der Waals surface area contributed by atoms with Gasteiger partial charge in [0.1, 0.15) is 17.5 Å². The summed E-state index contributed by atoms with van der Waals surface area (Å²) in [5.74, 6) is 1.50. The maximum Gasteiger partial charge on any atom is 0.403 e. The lowest BCUT2D eigenvalue weighted by molar-refractivity contribution is -0.182.